The Kier molecular flexibility index (Phi) is 7.63. The van der Waals surface area contributed by atoms with E-state index in [0.29, 0.717) is 32.5 Å². The average Bonchev–Trinajstić information content (AvgIpc) is 3.36. The van der Waals surface area contributed by atoms with Crippen LogP contribution in [0.3, 0.4) is 0 Å². The molecular weight excluding hydrogens is 442 g/mol. The summed E-state index contributed by atoms with van der Waals surface area (Å²) in [6, 6.07) is 10.1. The minimum absolute atomic E-state index is 0.00611. The molecule has 0 bridgehead atoms. The smallest absolute Gasteiger partial charge is 0.247 e. The van der Waals surface area contributed by atoms with Crippen molar-refractivity contribution in [1.82, 2.24) is 14.8 Å². The fourth-order valence-corrected chi connectivity index (χ4v) is 6.94. The molecule has 33 heavy (non-hydrogen) atoms. The molecule has 4 rings (SSSR count). The van der Waals surface area contributed by atoms with Crippen LogP contribution >= 0.6 is 0 Å². The number of piperidine rings is 1. The number of ether oxygens (including phenoxy) is 1. The van der Waals surface area contributed by atoms with Gasteiger partial charge in [0.15, 0.2) is 0 Å². The molecule has 0 spiro atoms. The summed E-state index contributed by atoms with van der Waals surface area (Å²) in [7, 11) is -3.60. The van der Waals surface area contributed by atoms with Gasteiger partial charge in [-0.05, 0) is 56.2 Å². The van der Waals surface area contributed by atoms with Gasteiger partial charge in [-0.15, -0.1) is 0 Å². The van der Waals surface area contributed by atoms with Gasteiger partial charge in [0.05, 0.1) is 29.9 Å². The Morgan fingerprint density at radius 1 is 1.21 bits per heavy atom. The predicted octanol–water partition coefficient (Wildman–Crippen LogP) is 3.17. The van der Waals surface area contributed by atoms with Crippen molar-refractivity contribution in [3.8, 4) is 0 Å². The first kappa shape index (κ1) is 24.1. The number of nitrogens with one attached hydrogen (secondary N) is 1. The molecule has 180 valence electrons. The van der Waals surface area contributed by atoms with E-state index in [4.69, 9.17) is 9.94 Å². The van der Waals surface area contributed by atoms with E-state index in [2.05, 4.69) is 11.1 Å². The Balaban J connectivity index is 1.32. The summed E-state index contributed by atoms with van der Waals surface area (Å²) in [5, 5.41) is 10.2. The number of pyridine rings is 1. The fourth-order valence-electron chi connectivity index (χ4n) is 5.09. The zero-order chi connectivity index (χ0) is 23.4. The third-order valence-electron chi connectivity index (χ3n) is 7.09. The third-order valence-corrected chi connectivity index (χ3v) is 9.03. The van der Waals surface area contributed by atoms with Crippen LogP contribution in [0.4, 0.5) is 0 Å². The summed E-state index contributed by atoms with van der Waals surface area (Å²) in [6.45, 7) is 3.17. The number of carbonyl (C=O) groups excluding carboxylic acids is 1. The van der Waals surface area contributed by atoms with Crippen LogP contribution in [0.2, 0.25) is 0 Å². The largest absolute Gasteiger partial charge is 0.373 e. The summed E-state index contributed by atoms with van der Waals surface area (Å²) in [5.41, 5.74) is 4.62. The number of aryl methyl sites for hydroxylation is 1. The molecule has 1 saturated heterocycles. The molecule has 2 heterocycles. The van der Waals surface area contributed by atoms with Crippen LogP contribution in [0.25, 0.3) is 10.9 Å². The van der Waals surface area contributed by atoms with Crippen molar-refractivity contribution in [2.24, 2.45) is 11.8 Å². The van der Waals surface area contributed by atoms with Crippen LogP contribution in [0.15, 0.2) is 30.3 Å². The first-order valence-electron chi connectivity index (χ1n) is 11.8. The highest BCUT2D eigenvalue weighted by atomic mass is 32.2. The zero-order valence-electron chi connectivity index (χ0n) is 19.1. The number of fused-ring (bicyclic) bond motifs is 1. The highest BCUT2D eigenvalue weighted by molar-refractivity contribution is 7.89. The number of carbonyl (C=O) groups is 1. The Bertz CT molecular complexity index is 1080. The van der Waals surface area contributed by atoms with Gasteiger partial charge in [0.1, 0.15) is 0 Å². The number of para-hydroxylation sites is 1. The second kappa shape index (κ2) is 10.5. The standard InChI is InChI=1S/C24H33N3O5S/c1-17-20(14-19-8-4-5-9-23(19)25-17)15-32-21-10-12-27(13-11-21)33(30,31)16-22(24(28)26-29)18-6-2-3-7-18/h4-5,8-9,14,18,21-22,29H,2-3,6-7,10-13,15-16H2,1H3,(H,26,28)/t22-/m0/s1. The van der Waals surface area contributed by atoms with E-state index in [1.807, 2.05) is 31.2 Å². The van der Waals surface area contributed by atoms with Crippen molar-refractivity contribution in [2.75, 3.05) is 18.8 Å². The van der Waals surface area contributed by atoms with Crippen molar-refractivity contribution in [1.29, 1.82) is 0 Å². The maximum absolute atomic E-state index is 13.0. The van der Waals surface area contributed by atoms with Gasteiger partial charge in [0.25, 0.3) is 0 Å². The number of aromatic nitrogens is 1. The second-order valence-electron chi connectivity index (χ2n) is 9.24. The van der Waals surface area contributed by atoms with E-state index in [0.717, 1.165) is 47.8 Å². The Labute approximate surface area is 195 Å². The lowest BCUT2D eigenvalue weighted by molar-refractivity contribution is -0.134. The van der Waals surface area contributed by atoms with Crippen molar-refractivity contribution in [2.45, 2.75) is 58.2 Å². The van der Waals surface area contributed by atoms with Crippen LogP contribution in [-0.2, 0) is 26.2 Å². The molecular formula is C24H33N3O5S. The Hall–Kier alpha value is -2.07. The minimum atomic E-state index is -3.60. The molecule has 1 aromatic heterocycles. The molecule has 2 fully saturated rings. The maximum Gasteiger partial charge on any atom is 0.247 e. The molecule has 2 aliphatic rings. The van der Waals surface area contributed by atoms with Gasteiger partial charge >= 0.3 is 0 Å². The Morgan fingerprint density at radius 2 is 1.91 bits per heavy atom. The first-order chi connectivity index (χ1) is 15.9. The summed E-state index contributed by atoms with van der Waals surface area (Å²) in [6.07, 6.45) is 4.84. The molecule has 1 atom stereocenters. The van der Waals surface area contributed by atoms with Gasteiger partial charge in [-0.25, -0.2) is 18.2 Å². The molecule has 1 amide bonds. The van der Waals surface area contributed by atoms with Crippen LogP contribution in [0.5, 0.6) is 0 Å². The van der Waals surface area contributed by atoms with Crippen molar-refractivity contribution >= 4 is 26.8 Å². The van der Waals surface area contributed by atoms with Crippen molar-refractivity contribution in [3.05, 3.63) is 41.6 Å². The molecule has 1 aliphatic heterocycles. The van der Waals surface area contributed by atoms with E-state index in [9.17, 15) is 13.2 Å². The fraction of sp³-hybridized carbons (Fsp3) is 0.583. The molecule has 0 unspecified atom stereocenters. The molecule has 9 heteroatoms. The summed E-state index contributed by atoms with van der Waals surface area (Å²) in [4.78, 5) is 16.8. The maximum atomic E-state index is 13.0. The molecule has 1 saturated carbocycles. The number of nitrogens with zero attached hydrogens (tertiary/aromatic N) is 2. The second-order valence-corrected chi connectivity index (χ2v) is 11.3. The lowest BCUT2D eigenvalue weighted by Crippen LogP contribution is -2.46. The lowest BCUT2D eigenvalue weighted by atomic mass is 9.92. The predicted molar refractivity (Wildman–Crippen MR) is 125 cm³/mol. The summed E-state index contributed by atoms with van der Waals surface area (Å²) >= 11 is 0. The number of hydrogen-bond donors (Lipinski definition) is 2. The average molecular weight is 476 g/mol. The number of sulfonamides is 1. The van der Waals surface area contributed by atoms with E-state index in [1.54, 1.807) is 5.48 Å². The SMILES string of the molecule is Cc1nc2ccccc2cc1COC1CCN(S(=O)(=O)C[C@H](C(=O)NO)C2CCCC2)CC1. The van der Waals surface area contributed by atoms with Crippen LogP contribution in [0, 0.1) is 18.8 Å². The van der Waals surface area contributed by atoms with Gasteiger partial charge in [-0.2, -0.15) is 0 Å². The van der Waals surface area contributed by atoms with Gasteiger partial charge in [0.2, 0.25) is 15.9 Å². The van der Waals surface area contributed by atoms with Crippen LogP contribution in [0.1, 0.15) is 49.8 Å². The normalized spacial score (nSPS) is 19.7. The number of benzene rings is 1. The van der Waals surface area contributed by atoms with Crippen LogP contribution in [-0.4, -0.2) is 53.8 Å². The zero-order valence-corrected chi connectivity index (χ0v) is 19.9. The monoisotopic (exact) mass is 475 g/mol. The molecule has 1 aromatic carbocycles. The lowest BCUT2D eigenvalue weighted by Gasteiger charge is -2.32. The summed E-state index contributed by atoms with van der Waals surface area (Å²) < 4.78 is 33.7. The van der Waals surface area contributed by atoms with Crippen molar-refractivity contribution < 1.29 is 23.2 Å². The molecule has 8 nitrogen and oxygen atoms in total. The number of amides is 1. The van der Waals surface area contributed by atoms with Gasteiger partial charge in [-0.1, -0.05) is 31.0 Å². The van der Waals surface area contributed by atoms with E-state index in [-0.39, 0.29) is 17.8 Å². The van der Waals surface area contributed by atoms with Crippen LogP contribution < -0.4 is 5.48 Å². The molecule has 2 aromatic rings. The van der Waals surface area contributed by atoms with Gasteiger partial charge in [-0.3, -0.25) is 15.0 Å². The number of rotatable bonds is 8. The topological polar surface area (TPSA) is 109 Å². The van der Waals surface area contributed by atoms with E-state index in [1.165, 1.54) is 4.31 Å². The molecule has 2 N–H and O–H groups in total. The van der Waals surface area contributed by atoms with E-state index >= 15 is 0 Å². The van der Waals surface area contributed by atoms with Crippen molar-refractivity contribution in [3.63, 3.8) is 0 Å². The summed E-state index contributed by atoms with van der Waals surface area (Å²) in [5.74, 6) is -1.55. The first-order valence-corrected chi connectivity index (χ1v) is 13.4. The highest BCUT2D eigenvalue weighted by Crippen LogP contribution is 2.33. The highest BCUT2D eigenvalue weighted by Gasteiger charge is 2.37. The number of hydrogen-bond acceptors (Lipinski definition) is 6. The Morgan fingerprint density at radius 3 is 2.61 bits per heavy atom. The third kappa shape index (κ3) is 5.71. The van der Waals surface area contributed by atoms with E-state index < -0.39 is 21.8 Å². The minimum Gasteiger partial charge on any atom is -0.373 e. The van der Waals surface area contributed by atoms with Gasteiger partial charge < -0.3 is 4.74 Å². The van der Waals surface area contributed by atoms with Gasteiger partial charge in [0, 0.05) is 24.2 Å². The molecule has 0 radical (unpaired) electrons. The quantitative estimate of drug-likeness (QED) is 0.448. The molecule has 1 aliphatic carbocycles. The number of hydroxylamine groups is 1.